The second-order valence-electron chi connectivity index (χ2n) is 2.86. The SMILES string of the molecule is [SH-].[SH-].c1cc[c]([Ge][c]2ccccc2)cc1. The van der Waals surface area contributed by atoms with Crippen LogP contribution >= 0.6 is 0 Å². The first-order valence-electron chi connectivity index (χ1n) is 4.32. The monoisotopic (exact) mass is 294 g/mol. The standard InChI is InChI=1S/C12H10Ge.2H2S/c1-3-7-11(8-4-1)13-12-9-5-2-6-10-12;;/h1-10H;2*1H2/p-2. The summed E-state index contributed by atoms with van der Waals surface area (Å²) < 4.78 is 2.99. The summed E-state index contributed by atoms with van der Waals surface area (Å²) in [6.45, 7) is 0. The second kappa shape index (κ2) is 7.91. The molecule has 0 nitrogen and oxygen atoms in total. The van der Waals surface area contributed by atoms with Crippen molar-refractivity contribution in [3.8, 4) is 0 Å². The van der Waals surface area contributed by atoms with E-state index in [1.54, 1.807) is 0 Å². The predicted molar refractivity (Wildman–Crippen MR) is 75.4 cm³/mol. The average molecular weight is 293 g/mol. The number of benzene rings is 2. The van der Waals surface area contributed by atoms with Crippen LogP contribution in [0.4, 0.5) is 0 Å². The average Bonchev–Trinajstić information content (AvgIpc) is 2.21. The molecule has 0 heterocycles. The molecule has 2 aromatic carbocycles. The second-order valence-corrected chi connectivity index (χ2v) is 5.80. The third kappa shape index (κ3) is 4.82. The number of hydrogen-bond acceptors (Lipinski definition) is 2. The van der Waals surface area contributed by atoms with Crippen LogP contribution < -0.4 is 8.79 Å². The van der Waals surface area contributed by atoms with Crippen molar-refractivity contribution in [2.24, 2.45) is 0 Å². The summed E-state index contributed by atoms with van der Waals surface area (Å²) >= 11 is -0.108. The Hall–Kier alpha value is -0.317. The fourth-order valence-corrected chi connectivity index (χ4v) is 3.42. The van der Waals surface area contributed by atoms with Gasteiger partial charge >= 0.3 is 84.9 Å². The third-order valence-corrected chi connectivity index (χ3v) is 4.45. The fourth-order valence-electron chi connectivity index (χ4n) is 1.21. The van der Waals surface area contributed by atoms with Crippen LogP contribution in [0.5, 0.6) is 0 Å². The van der Waals surface area contributed by atoms with Gasteiger partial charge in [-0.25, -0.2) is 0 Å². The molecule has 2 rings (SSSR count). The van der Waals surface area contributed by atoms with Gasteiger partial charge in [0.1, 0.15) is 0 Å². The third-order valence-electron chi connectivity index (χ3n) is 1.84. The van der Waals surface area contributed by atoms with E-state index in [0.29, 0.717) is 0 Å². The maximum atomic E-state index is 2.22. The van der Waals surface area contributed by atoms with Crippen LogP contribution in [0.25, 0.3) is 0 Å². The van der Waals surface area contributed by atoms with E-state index < -0.39 is 0 Å². The molecule has 0 bridgehead atoms. The maximum absolute atomic E-state index is 2.22. The van der Waals surface area contributed by atoms with Crippen LogP contribution in [-0.2, 0) is 27.0 Å². The summed E-state index contributed by atoms with van der Waals surface area (Å²) in [5.41, 5.74) is 0. The molecule has 0 aliphatic rings. The van der Waals surface area contributed by atoms with Gasteiger partial charge in [0.15, 0.2) is 0 Å². The van der Waals surface area contributed by atoms with E-state index in [-0.39, 0.29) is 42.4 Å². The van der Waals surface area contributed by atoms with Gasteiger partial charge < -0.3 is 27.0 Å². The Morgan fingerprint density at radius 1 is 0.533 bits per heavy atom. The molecule has 3 heteroatoms. The molecule has 0 aliphatic carbocycles. The quantitative estimate of drug-likeness (QED) is 0.456. The zero-order chi connectivity index (χ0) is 8.93. The molecule has 15 heavy (non-hydrogen) atoms. The van der Waals surface area contributed by atoms with Crippen LogP contribution in [-0.4, -0.2) is 15.4 Å². The van der Waals surface area contributed by atoms with Crippen molar-refractivity contribution >= 4 is 51.2 Å². The van der Waals surface area contributed by atoms with E-state index in [4.69, 9.17) is 0 Å². The molecule has 0 N–H and O–H groups in total. The van der Waals surface area contributed by atoms with E-state index in [1.807, 2.05) is 0 Å². The van der Waals surface area contributed by atoms with Gasteiger partial charge in [-0.1, -0.05) is 0 Å². The molecule has 78 valence electrons. The van der Waals surface area contributed by atoms with Crippen LogP contribution in [0.2, 0.25) is 0 Å². The summed E-state index contributed by atoms with van der Waals surface area (Å²) in [4.78, 5) is 0. The Labute approximate surface area is 111 Å². The molecular weight excluding hydrogens is 281 g/mol. The molecule has 0 aromatic heterocycles. The first kappa shape index (κ1) is 14.7. The van der Waals surface area contributed by atoms with Gasteiger partial charge in [0.05, 0.1) is 0 Å². The zero-order valence-electron chi connectivity index (χ0n) is 8.17. The van der Waals surface area contributed by atoms with Gasteiger partial charge in [-0.3, -0.25) is 0 Å². The van der Waals surface area contributed by atoms with Crippen LogP contribution in [0.3, 0.4) is 0 Å². The molecule has 0 aliphatic heterocycles. The van der Waals surface area contributed by atoms with Gasteiger partial charge in [0.25, 0.3) is 0 Å². The van der Waals surface area contributed by atoms with E-state index in [0.717, 1.165) is 0 Å². The molecule has 2 aromatic rings. The Kier molecular flexibility index (Phi) is 7.74. The molecule has 0 saturated carbocycles. The summed E-state index contributed by atoms with van der Waals surface area (Å²) in [5, 5.41) is 0. The first-order chi connectivity index (χ1) is 6.45. The van der Waals surface area contributed by atoms with Crippen molar-refractivity contribution in [3.63, 3.8) is 0 Å². The Morgan fingerprint density at radius 2 is 0.867 bits per heavy atom. The van der Waals surface area contributed by atoms with Crippen molar-refractivity contribution < 1.29 is 0 Å². The summed E-state index contributed by atoms with van der Waals surface area (Å²) in [6.07, 6.45) is 0. The van der Waals surface area contributed by atoms with Crippen LogP contribution in [0, 0.1) is 0 Å². The molecule has 2 radical (unpaired) electrons. The van der Waals surface area contributed by atoms with E-state index in [9.17, 15) is 0 Å². The molecule has 0 fully saturated rings. The molecule has 0 spiro atoms. The van der Waals surface area contributed by atoms with Crippen molar-refractivity contribution in [2.75, 3.05) is 0 Å². The van der Waals surface area contributed by atoms with Gasteiger partial charge in [-0.2, -0.15) is 0 Å². The van der Waals surface area contributed by atoms with Crippen molar-refractivity contribution in [1.29, 1.82) is 0 Å². The Morgan fingerprint density at radius 3 is 1.20 bits per heavy atom. The normalized spacial score (nSPS) is 8.53. The van der Waals surface area contributed by atoms with E-state index in [2.05, 4.69) is 60.7 Å². The van der Waals surface area contributed by atoms with Crippen LogP contribution in [0.1, 0.15) is 0 Å². The minimum absolute atomic E-state index is 0. The van der Waals surface area contributed by atoms with Gasteiger partial charge in [-0.15, -0.1) is 0 Å². The molecule has 0 atom stereocenters. The van der Waals surface area contributed by atoms with Crippen molar-refractivity contribution in [2.45, 2.75) is 0 Å². The van der Waals surface area contributed by atoms with Crippen LogP contribution in [0.15, 0.2) is 60.7 Å². The number of hydrogen-bond donors (Lipinski definition) is 0. The van der Waals surface area contributed by atoms with Crippen molar-refractivity contribution in [1.82, 2.24) is 0 Å². The molecule has 0 amide bonds. The van der Waals surface area contributed by atoms with Gasteiger partial charge in [0, 0.05) is 0 Å². The van der Waals surface area contributed by atoms with E-state index in [1.165, 1.54) is 8.79 Å². The van der Waals surface area contributed by atoms with Gasteiger partial charge in [-0.05, 0) is 0 Å². The number of thiol groups is 2. The Balaban J connectivity index is 0.000000980. The molecular formula is C12H12GeS2-2. The summed E-state index contributed by atoms with van der Waals surface area (Å²) in [7, 11) is 0. The summed E-state index contributed by atoms with van der Waals surface area (Å²) in [5.74, 6) is 0. The fraction of sp³-hybridized carbons (Fsp3) is 0. The van der Waals surface area contributed by atoms with Gasteiger partial charge in [0.2, 0.25) is 0 Å². The molecule has 0 unspecified atom stereocenters. The topological polar surface area (TPSA) is 0 Å². The number of rotatable bonds is 2. The predicted octanol–water partition coefficient (Wildman–Crippen LogP) is 0.801. The minimum atomic E-state index is -0.108. The first-order valence-corrected chi connectivity index (χ1v) is 6.42. The van der Waals surface area contributed by atoms with Crippen molar-refractivity contribution in [3.05, 3.63) is 60.7 Å². The zero-order valence-corrected chi connectivity index (χ0v) is 12.1. The Bertz CT molecular complexity index is 324. The molecule has 0 saturated heterocycles. The summed E-state index contributed by atoms with van der Waals surface area (Å²) in [6, 6.07) is 21.5. The van der Waals surface area contributed by atoms with E-state index >= 15 is 0 Å².